The molecule has 0 spiro atoms. The lowest BCUT2D eigenvalue weighted by atomic mass is 9.83. The number of aliphatic hydroxyl groups excluding tert-OH is 1. The Labute approximate surface area is 380 Å². The number of hydrogen-bond donors (Lipinski definition) is 1. The van der Waals surface area contributed by atoms with Gasteiger partial charge in [0.2, 0.25) is 0 Å². The highest BCUT2D eigenvalue weighted by Gasteiger charge is 2.44. The quantitative estimate of drug-likeness (QED) is 0.0304. The van der Waals surface area contributed by atoms with Gasteiger partial charge in [0.05, 0.1) is 31.5 Å². The minimum Gasteiger partial charge on any atom is -0.466 e. The molecule has 0 aliphatic rings. The van der Waals surface area contributed by atoms with Gasteiger partial charge >= 0.3 is 5.97 Å². The molecule has 0 aliphatic heterocycles. The number of carbonyl (C=O) groups excluding carboxylic acids is 2. The van der Waals surface area contributed by atoms with E-state index in [-0.39, 0.29) is 68.9 Å². The first-order chi connectivity index (χ1) is 27.5. The maximum absolute atomic E-state index is 13.3. The number of hydrogen-bond acceptors (Lipinski definition) is 7. The molecule has 354 valence electrons. The molecule has 0 saturated carbocycles. The zero-order chi connectivity index (χ0) is 47.9. The van der Waals surface area contributed by atoms with Crippen molar-refractivity contribution in [3.63, 3.8) is 0 Å². The average Bonchev–Trinajstić information content (AvgIpc) is 3.12. The smallest absolute Gasteiger partial charge is 0.330 e. The Balaban J connectivity index is 6.90. The number of ether oxygens (including phenoxy) is 1. The summed E-state index contributed by atoms with van der Waals surface area (Å²) in [7, 11) is -5.19. The van der Waals surface area contributed by atoms with Gasteiger partial charge in [-0.3, -0.25) is 4.79 Å². The van der Waals surface area contributed by atoms with Crippen molar-refractivity contribution in [2.45, 2.75) is 208 Å². The normalized spacial score (nSPS) is 19.1. The Morgan fingerprint density at radius 3 is 1.62 bits per heavy atom. The molecule has 0 amide bonds. The van der Waals surface area contributed by atoms with Crippen molar-refractivity contribution in [1.82, 2.24) is 0 Å². The second kappa shape index (κ2) is 25.1. The third-order valence-corrected chi connectivity index (χ3v) is 27.7. The van der Waals surface area contributed by atoms with Crippen molar-refractivity contribution in [1.29, 1.82) is 0 Å². The van der Waals surface area contributed by atoms with Crippen LogP contribution in [0.15, 0.2) is 61.3 Å². The molecule has 0 radical (unpaired) electrons. The predicted octanol–water partition coefficient (Wildman–Crippen LogP) is 14.0. The van der Waals surface area contributed by atoms with Crippen molar-refractivity contribution in [3.05, 3.63) is 61.3 Å². The van der Waals surface area contributed by atoms with E-state index in [4.69, 9.17) is 18.0 Å². The molecule has 0 unspecified atom stereocenters. The van der Waals surface area contributed by atoms with Crippen molar-refractivity contribution < 1.29 is 32.7 Å². The number of carbonyl (C=O) groups is 2. The van der Waals surface area contributed by atoms with Crippen molar-refractivity contribution in [2.75, 3.05) is 7.11 Å². The van der Waals surface area contributed by atoms with Gasteiger partial charge < -0.3 is 23.1 Å². The number of esters is 1. The van der Waals surface area contributed by atoms with Gasteiger partial charge in [0.15, 0.2) is 25.0 Å². The number of ketones is 1. The number of methoxy groups -OCH3 is 1. The summed E-state index contributed by atoms with van der Waals surface area (Å²) >= 11 is 0. The van der Waals surface area contributed by atoms with Crippen molar-refractivity contribution >= 4 is 36.7 Å². The molecule has 0 aromatic heterocycles. The first kappa shape index (κ1) is 59.3. The van der Waals surface area contributed by atoms with Gasteiger partial charge in [0.25, 0.3) is 0 Å². The zero-order valence-corrected chi connectivity index (χ0v) is 46.4. The highest BCUT2D eigenvalue weighted by molar-refractivity contribution is 6.75. The SMILES string of the molecule is C=C/C=C\[C@H](C)[C@H](O)[C@@H](C)C(=O)CC[C@H](C)C[C@H](C)[C@@H](O[Si](C)(C)C(C)(C)C)[C@@H](C)/C=C\[C@H](C[C@H](O[Si](C)(C)C(C)(C)C)[C@@H](C)/C=C/C=C\C(=O)OC)O[Si](C)(C)C(C)(C)C. The highest BCUT2D eigenvalue weighted by atomic mass is 28.4. The van der Waals surface area contributed by atoms with E-state index in [1.165, 1.54) is 13.2 Å². The van der Waals surface area contributed by atoms with E-state index in [1.807, 2.05) is 32.1 Å². The molecule has 0 aliphatic carbocycles. The molecule has 0 rings (SSSR count). The van der Waals surface area contributed by atoms with Crippen LogP contribution < -0.4 is 0 Å². The lowest BCUT2D eigenvalue weighted by molar-refractivity contribution is -0.134. The van der Waals surface area contributed by atoms with Crippen LogP contribution in [0.25, 0.3) is 0 Å². The number of Topliss-reactive ketones (excluding diaryl/α,β-unsaturated/α-hetero) is 1. The van der Waals surface area contributed by atoms with Crippen LogP contribution in [0.1, 0.15) is 130 Å². The molecule has 1 N–H and O–H groups in total. The van der Waals surface area contributed by atoms with Crippen molar-refractivity contribution in [3.8, 4) is 0 Å². The molecule has 7 nitrogen and oxygen atoms in total. The fourth-order valence-corrected chi connectivity index (χ4v) is 10.8. The minimum absolute atomic E-state index is 0.0153. The van der Waals surface area contributed by atoms with Crippen LogP contribution in [0.3, 0.4) is 0 Å². The molecule has 0 heterocycles. The Hall–Kier alpha value is -1.67. The van der Waals surface area contributed by atoms with Crippen LogP contribution in [0.5, 0.6) is 0 Å². The van der Waals surface area contributed by atoms with Gasteiger partial charge in [-0.2, -0.15) is 0 Å². The third kappa shape index (κ3) is 20.4. The Bertz CT molecular complexity index is 1460. The summed E-state index contributed by atoms with van der Waals surface area (Å²) < 4.78 is 26.7. The van der Waals surface area contributed by atoms with E-state index in [0.717, 1.165) is 12.8 Å². The van der Waals surface area contributed by atoms with E-state index in [1.54, 1.807) is 12.2 Å². The summed E-state index contributed by atoms with van der Waals surface area (Å²) in [5.74, 6) is -0.114. The maximum Gasteiger partial charge on any atom is 0.330 e. The number of rotatable bonds is 26. The molecule has 10 heteroatoms. The van der Waals surface area contributed by atoms with Gasteiger partial charge in [0, 0.05) is 30.8 Å². The molecule has 10 atom stereocenters. The summed E-state index contributed by atoms with van der Waals surface area (Å²) in [6, 6.07) is 0. The second-order valence-corrected chi connectivity index (χ2v) is 37.1. The Kier molecular flexibility index (Phi) is 24.5. The second-order valence-electron chi connectivity index (χ2n) is 22.9. The molecule has 0 saturated heterocycles. The summed E-state index contributed by atoms with van der Waals surface area (Å²) in [6.45, 7) is 51.1. The lowest BCUT2D eigenvalue weighted by Crippen LogP contribution is -2.48. The largest absolute Gasteiger partial charge is 0.466 e. The molecule has 0 fully saturated rings. The third-order valence-electron chi connectivity index (χ3n) is 14.2. The standard InChI is InChI=1S/C51H96O7Si3/c1-24-25-28-39(4)47(54)42(7)44(52)34-31-37(2)35-41(6)48(58-61(22,23)51(14,15)16)40(5)32-33-43(56-59(18,19)49(8,9)10)36-45(57-60(20,21)50(11,12)13)38(3)29-26-27-30-46(53)55-17/h24-30,32-33,37-43,45,47-48,54H,1,31,34-36H2,2-23H3/b28-25-,29-26+,30-27-,33-32-/t37-,38-,39-,40-,41-,42-,43+,45-,47-,48-/m0/s1. The van der Waals surface area contributed by atoms with Crippen LogP contribution in [0.2, 0.25) is 54.4 Å². The first-order valence-electron chi connectivity index (χ1n) is 23.2. The molecule has 61 heavy (non-hydrogen) atoms. The predicted molar refractivity (Wildman–Crippen MR) is 269 cm³/mol. The van der Waals surface area contributed by atoms with Crippen LogP contribution in [0.4, 0.5) is 0 Å². The van der Waals surface area contributed by atoms with Crippen LogP contribution in [0, 0.1) is 35.5 Å². The van der Waals surface area contributed by atoms with Gasteiger partial charge in [-0.25, -0.2) is 4.79 Å². The summed E-state index contributed by atoms with van der Waals surface area (Å²) in [5, 5.41) is 10.9. The fourth-order valence-electron chi connectivity index (χ4n) is 6.62. The van der Waals surface area contributed by atoms with Gasteiger partial charge in [-0.05, 0) is 90.9 Å². The molecule has 0 aromatic carbocycles. The van der Waals surface area contributed by atoms with E-state index < -0.39 is 37.0 Å². The van der Waals surface area contributed by atoms with Crippen LogP contribution in [-0.4, -0.2) is 73.3 Å². The summed E-state index contributed by atoms with van der Waals surface area (Å²) in [5.41, 5.74) is 0. The Morgan fingerprint density at radius 2 is 1.13 bits per heavy atom. The fraction of sp³-hybridized carbons (Fsp3) is 0.765. The maximum atomic E-state index is 13.3. The topological polar surface area (TPSA) is 91.3 Å². The number of aliphatic hydroxyl groups is 1. The molecular weight excluding hydrogens is 809 g/mol. The lowest BCUT2D eigenvalue weighted by Gasteiger charge is -2.44. The monoisotopic (exact) mass is 905 g/mol. The number of allylic oxidation sites excluding steroid dienone is 4. The average molecular weight is 906 g/mol. The van der Waals surface area contributed by atoms with Gasteiger partial charge in [-0.1, -0.05) is 159 Å². The Morgan fingerprint density at radius 1 is 0.639 bits per heavy atom. The van der Waals surface area contributed by atoms with Crippen LogP contribution >= 0.6 is 0 Å². The van der Waals surface area contributed by atoms with E-state index in [0.29, 0.717) is 18.8 Å². The molecular formula is C51H96O7Si3. The van der Waals surface area contributed by atoms with E-state index in [9.17, 15) is 14.7 Å². The molecule has 0 aromatic rings. The van der Waals surface area contributed by atoms with Crippen LogP contribution in [-0.2, 0) is 27.6 Å². The highest BCUT2D eigenvalue weighted by Crippen LogP contribution is 2.43. The zero-order valence-electron chi connectivity index (χ0n) is 43.4. The minimum atomic E-state index is -2.22. The first-order valence-corrected chi connectivity index (χ1v) is 31.9. The van der Waals surface area contributed by atoms with Gasteiger partial charge in [0.1, 0.15) is 5.78 Å². The van der Waals surface area contributed by atoms with Gasteiger partial charge in [-0.15, -0.1) is 0 Å². The summed E-state index contributed by atoms with van der Waals surface area (Å²) in [4.78, 5) is 25.0. The van der Waals surface area contributed by atoms with Crippen molar-refractivity contribution in [2.24, 2.45) is 35.5 Å². The van der Waals surface area contributed by atoms with E-state index in [2.05, 4.69) is 154 Å². The summed E-state index contributed by atoms with van der Waals surface area (Å²) in [6.07, 6.45) is 19.1. The molecule has 0 bridgehead atoms. The van der Waals surface area contributed by atoms with E-state index >= 15 is 0 Å².